The van der Waals surface area contributed by atoms with Crippen molar-refractivity contribution in [2.24, 2.45) is 5.92 Å². The molecule has 1 saturated heterocycles. The standard InChI is InChI=1S/C17H24O9/c1-8(7-18)14(10(19)9-5-3-2-4-6-9)25-17-13(22)11(20)12(21)15(26-17)16(23)24/h2-6,8,11-18,20-24H,7H2,1H3/t8?,11-,12-,13+,14?,15-,17+/m0/s1. The smallest absolute Gasteiger partial charge is 0.192 e. The van der Waals surface area contributed by atoms with Crippen LogP contribution >= 0.6 is 0 Å². The van der Waals surface area contributed by atoms with E-state index >= 15 is 0 Å². The van der Waals surface area contributed by atoms with E-state index in [1.165, 1.54) is 0 Å². The van der Waals surface area contributed by atoms with Gasteiger partial charge in [-0.05, 0) is 0 Å². The number of aliphatic hydroxyl groups is 6. The van der Waals surface area contributed by atoms with Crippen molar-refractivity contribution in [3.8, 4) is 0 Å². The second-order valence-electron chi connectivity index (χ2n) is 6.30. The van der Waals surface area contributed by atoms with Crippen molar-refractivity contribution in [2.45, 2.75) is 50.0 Å². The molecule has 26 heavy (non-hydrogen) atoms. The molecule has 6 N–H and O–H groups in total. The highest BCUT2D eigenvalue weighted by molar-refractivity contribution is 5.99. The fourth-order valence-electron chi connectivity index (χ4n) is 2.69. The first-order chi connectivity index (χ1) is 12.3. The predicted octanol–water partition coefficient (Wildman–Crippen LogP) is -2.00. The van der Waals surface area contributed by atoms with E-state index < -0.39 is 61.4 Å². The number of carbonyl (C=O) groups excluding carboxylic acids is 1. The Morgan fingerprint density at radius 3 is 2.27 bits per heavy atom. The van der Waals surface area contributed by atoms with E-state index in [-0.39, 0.29) is 0 Å². The molecular weight excluding hydrogens is 348 g/mol. The van der Waals surface area contributed by atoms with Crippen molar-refractivity contribution in [3.05, 3.63) is 35.9 Å². The maximum atomic E-state index is 12.7. The zero-order chi connectivity index (χ0) is 19.4. The van der Waals surface area contributed by atoms with E-state index in [0.717, 1.165) is 0 Å². The van der Waals surface area contributed by atoms with Crippen LogP contribution in [0.25, 0.3) is 0 Å². The molecule has 1 heterocycles. The van der Waals surface area contributed by atoms with E-state index in [9.17, 15) is 35.4 Å². The lowest BCUT2D eigenvalue weighted by Crippen LogP contribution is -2.62. The van der Waals surface area contributed by atoms with Gasteiger partial charge in [0.1, 0.15) is 30.5 Å². The molecule has 0 aliphatic carbocycles. The first kappa shape index (κ1) is 20.9. The van der Waals surface area contributed by atoms with Crippen molar-refractivity contribution in [1.29, 1.82) is 0 Å². The number of carbonyl (C=O) groups is 1. The van der Waals surface area contributed by atoms with Crippen LogP contribution in [0.5, 0.6) is 0 Å². The number of rotatable bonds is 7. The Kier molecular flexibility index (Phi) is 7.21. The van der Waals surface area contributed by atoms with Gasteiger partial charge in [0, 0.05) is 18.1 Å². The van der Waals surface area contributed by atoms with Crippen LogP contribution in [-0.4, -0.2) is 86.1 Å². The Morgan fingerprint density at radius 2 is 1.73 bits per heavy atom. The van der Waals surface area contributed by atoms with Gasteiger partial charge in [0.05, 0.1) is 0 Å². The summed E-state index contributed by atoms with van der Waals surface area (Å²) in [6.45, 7) is 1.15. The van der Waals surface area contributed by atoms with Gasteiger partial charge in [0.15, 0.2) is 18.4 Å². The van der Waals surface area contributed by atoms with Crippen LogP contribution in [0.15, 0.2) is 30.3 Å². The molecule has 9 nitrogen and oxygen atoms in total. The largest absolute Gasteiger partial charge is 0.396 e. The summed E-state index contributed by atoms with van der Waals surface area (Å²) in [6.07, 6.45) is -11.9. The SMILES string of the molecule is CC(CO)C(O[C@@H]1O[C@H](C(O)O)[C@@H](O)[C@H](O)[C@H]1O)C(=O)c1ccccc1. The second-order valence-corrected chi connectivity index (χ2v) is 6.30. The molecule has 146 valence electrons. The highest BCUT2D eigenvalue weighted by atomic mass is 16.7. The van der Waals surface area contributed by atoms with Crippen LogP contribution in [0.2, 0.25) is 0 Å². The molecule has 2 rings (SSSR count). The summed E-state index contributed by atoms with van der Waals surface area (Å²) >= 11 is 0. The fraction of sp³-hybridized carbons (Fsp3) is 0.588. The molecule has 1 fully saturated rings. The number of benzene rings is 1. The topological polar surface area (TPSA) is 157 Å². The predicted molar refractivity (Wildman–Crippen MR) is 86.8 cm³/mol. The summed E-state index contributed by atoms with van der Waals surface area (Å²) in [7, 11) is 0. The molecule has 7 atom stereocenters. The number of Topliss-reactive ketones (excluding diaryl/α,β-unsaturated/α-hetero) is 1. The van der Waals surface area contributed by atoms with Crippen LogP contribution in [0.1, 0.15) is 17.3 Å². The Labute approximate surface area is 150 Å². The molecule has 0 spiro atoms. The summed E-state index contributed by atoms with van der Waals surface area (Å²) in [4.78, 5) is 12.7. The molecule has 0 aromatic heterocycles. The number of ketones is 1. The molecule has 0 amide bonds. The summed E-state index contributed by atoms with van der Waals surface area (Å²) in [5, 5.41) is 57.7. The maximum absolute atomic E-state index is 12.7. The van der Waals surface area contributed by atoms with E-state index in [1.54, 1.807) is 37.3 Å². The van der Waals surface area contributed by atoms with Gasteiger partial charge in [0.2, 0.25) is 0 Å². The summed E-state index contributed by atoms with van der Waals surface area (Å²) in [5.41, 5.74) is 0.308. The molecule has 1 aromatic carbocycles. The highest BCUT2D eigenvalue weighted by Gasteiger charge is 2.48. The van der Waals surface area contributed by atoms with Gasteiger partial charge < -0.3 is 40.1 Å². The van der Waals surface area contributed by atoms with Crippen molar-refractivity contribution in [1.82, 2.24) is 0 Å². The van der Waals surface area contributed by atoms with Crippen molar-refractivity contribution in [3.63, 3.8) is 0 Å². The molecule has 2 unspecified atom stereocenters. The van der Waals surface area contributed by atoms with Crippen LogP contribution in [-0.2, 0) is 9.47 Å². The normalized spacial score (nSPS) is 31.6. The number of hydrogen-bond acceptors (Lipinski definition) is 9. The third-order valence-electron chi connectivity index (χ3n) is 4.30. The average molecular weight is 372 g/mol. The number of ether oxygens (including phenoxy) is 2. The lowest BCUT2D eigenvalue weighted by Gasteiger charge is -2.42. The molecule has 1 aromatic rings. The van der Waals surface area contributed by atoms with E-state index in [4.69, 9.17) is 9.47 Å². The van der Waals surface area contributed by atoms with Gasteiger partial charge in [-0.15, -0.1) is 0 Å². The van der Waals surface area contributed by atoms with E-state index in [0.29, 0.717) is 5.56 Å². The fourth-order valence-corrected chi connectivity index (χ4v) is 2.69. The summed E-state index contributed by atoms with van der Waals surface area (Å²) in [6, 6.07) is 8.14. The van der Waals surface area contributed by atoms with E-state index in [1.807, 2.05) is 0 Å². The number of aliphatic hydroxyl groups excluding tert-OH is 5. The van der Waals surface area contributed by atoms with Gasteiger partial charge in [-0.2, -0.15) is 0 Å². The average Bonchev–Trinajstić information content (AvgIpc) is 2.65. The third-order valence-corrected chi connectivity index (χ3v) is 4.30. The minimum absolute atomic E-state index is 0.308. The molecule has 9 heteroatoms. The van der Waals surface area contributed by atoms with Crippen LogP contribution in [0, 0.1) is 5.92 Å². The van der Waals surface area contributed by atoms with Crippen LogP contribution < -0.4 is 0 Å². The van der Waals surface area contributed by atoms with Crippen LogP contribution in [0.3, 0.4) is 0 Å². The van der Waals surface area contributed by atoms with Gasteiger partial charge >= 0.3 is 0 Å². The Morgan fingerprint density at radius 1 is 1.12 bits per heavy atom. The first-order valence-corrected chi connectivity index (χ1v) is 8.19. The Balaban J connectivity index is 2.23. The summed E-state index contributed by atoms with van der Waals surface area (Å²) < 4.78 is 10.6. The van der Waals surface area contributed by atoms with Gasteiger partial charge in [-0.3, -0.25) is 4.79 Å². The Bertz CT molecular complexity index is 579. The van der Waals surface area contributed by atoms with Crippen molar-refractivity contribution >= 4 is 5.78 Å². The molecule has 0 radical (unpaired) electrons. The third kappa shape index (κ3) is 4.45. The monoisotopic (exact) mass is 372 g/mol. The zero-order valence-corrected chi connectivity index (χ0v) is 14.1. The van der Waals surface area contributed by atoms with Crippen molar-refractivity contribution in [2.75, 3.05) is 6.61 Å². The molecular formula is C17H24O9. The maximum Gasteiger partial charge on any atom is 0.192 e. The minimum atomic E-state index is -2.14. The van der Waals surface area contributed by atoms with Gasteiger partial charge in [-0.1, -0.05) is 37.3 Å². The van der Waals surface area contributed by atoms with Crippen LogP contribution in [0.4, 0.5) is 0 Å². The molecule has 0 saturated carbocycles. The quantitative estimate of drug-likeness (QED) is 0.235. The summed E-state index contributed by atoms with van der Waals surface area (Å²) in [5.74, 6) is -1.16. The Hall–Kier alpha value is -1.43. The minimum Gasteiger partial charge on any atom is -0.396 e. The second kappa shape index (κ2) is 8.98. The van der Waals surface area contributed by atoms with E-state index in [2.05, 4.69) is 0 Å². The first-order valence-electron chi connectivity index (χ1n) is 8.19. The number of hydrogen-bond donors (Lipinski definition) is 6. The molecule has 1 aliphatic heterocycles. The highest BCUT2D eigenvalue weighted by Crippen LogP contribution is 2.27. The molecule has 1 aliphatic rings. The lowest BCUT2D eigenvalue weighted by atomic mass is 9.95. The van der Waals surface area contributed by atoms with Gasteiger partial charge in [-0.25, -0.2) is 0 Å². The zero-order valence-electron chi connectivity index (χ0n) is 14.1. The lowest BCUT2D eigenvalue weighted by molar-refractivity contribution is -0.335. The molecule has 0 bridgehead atoms. The van der Waals surface area contributed by atoms with Gasteiger partial charge in [0.25, 0.3) is 0 Å². The van der Waals surface area contributed by atoms with Crippen molar-refractivity contribution < 1.29 is 44.9 Å².